The summed E-state index contributed by atoms with van der Waals surface area (Å²) in [4.78, 5) is 0. The molecular formula is C9H12FN3O2S. The molecule has 7 heteroatoms. The van der Waals surface area contributed by atoms with E-state index < -0.39 is 16.0 Å². The van der Waals surface area contributed by atoms with E-state index in [1.54, 1.807) is 6.07 Å². The molecule has 0 radical (unpaired) electrons. The molecule has 0 aliphatic carbocycles. The predicted octanol–water partition coefficient (Wildman–Crippen LogP) is -0.193. The van der Waals surface area contributed by atoms with Crippen molar-refractivity contribution in [3.05, 3.63) is 30.1 Å². The first kappa shape index (κ1) is 11.3. The molecule has 1 aliphatic heterocycles. The Labute approximate surface area is 93.2 Å². The average molecular weight is 245 g/mol. The Kier molecular flexibility index (Phi) is 2.83. The highest BCUT2D eigenvalue weighted by Crippen LogP contribution is 2.24. The van der Waals surface area contributed by atoms with Crippen LogP contribution in [0, 0.1) is 5.82 Å². The Morgan fingerprint density at radius 3 is 2.75 bits per heavy atom. The van der Waals surface area contributed by atoms with Crippen LogP contribution in [0.25, 0.3) is 0 Å². The number of nitrogens with two attached hydrogens (primary N) is 1. The smallest absolute Gasteiger partial charge is 0.302 e. The normalized spacial score (nSPS) is 23.6. The second kappa shape index (κ2) is 4.00. The summed E-state index contributed by atoms with van der Waals surface area (Å²) >= 11 is 0. The molecule has 1 unspecified atom stereocenters. The Hall–Kier alpha value is -1.18. The number of halogens is 1. The number of nitrogens with one attached hydrogen (secondary N) is 1. The second-order valence-corrected chi connectivity index (χ2v) is 5.16. The third-order valence-electron chi connectivity index (χ3n) is 2.40. The zero-order valence-electron chi connectivity index (χ0n) is 8.43. The lowest BCUT2D eigenvalue weighted by Crippen LogP contribution is -2.34. The quantitative estimate of drug-likeness (QED) is 0.758. The van der Waals surface area contributed by atoms with Crippen molar-refractivity contribution in [2.45, 2.75) is 6.04 Å². The molecule has 16 heavy (non-hydrogen) atoms. The van der Waals surface area contributed by atoms with E-state index in [1.165, 1.54) is 18.2 Å². The molecule has 0 aromatic heterocycles. The Morgan fingerprint density at radius 2 is 2.19 bits per heavy atom. The van der Waals surface area contributed by atoms with E-state index >= 15 is 0 Å². The lowest BCUT2D eigenvalue weighted by molar-refractivity contribution is 0.582. The summed E-state index contributed by atoms with van der Waals surface area (Å²) in [7, 11) is -3.66. The van der Waals surface area contributed by atoms with Crippen LogP contribution < -0.4 is 14.8 Å². The second-order valence-electron chi connectivity index (χ2n) is 3.54. The maximum absolute atomic E-state index is 13.5. The summed E-state index contributed by atoms with van der Waals surface area (Å²) < 4.78 is 40.2. The zero-order chi connectivity index (χ0) is 11.8. The van der Waals surface area contributed by atoms with Crippen LogP contribution in [0.4, 0.5) is 10.1 Å². The molecule has 1 fully saturated rings. The van der Waals surface area contributed by atoms with Gasteiger partial charge in [0.1, 0.15) is 5.82 Å². The van der Waals surface area contributed by atoms with Gasteiger partial charge in [-0.25, -0.2) is 4.39 Å². The highest BCUT2D eigenvalue weighted by Gasteiger charge is 2.35. The maximum atomic E-state index is 13.5. The van der Waals surface area contributed by atoms with E-state index in [-0.39, 0.29) is 24.8 Å². The maximum Gasteiger partial charge on any atom is 0.302 e. The molecule has 3 N–H and O–H groups in total. The molecule has 1 atom stereocenters. The van der Waals surface area contributed by atoms with Gasteiger partial charge < -0.3 is 5.73 Å². The van der Waals surface area contributed by atoms with Crippen LogP contribution in [0.2, 0.25) is 0 Å². The van der Waals surface area contributed by atoms with Gasteiger partial charge in [-0.2, -0.15) is 13.1 Å². The molecule has 0 amide bonds. The van der Waals surface area contributed by atoms with Gasteiger partial charge in [0.15, 0.2) is 0 Å². The average Bonchev–Trinajstić information content (AvgIpc) is 2.54. The first-order valence-electron chi connectivity index (χ1n) is 4.79. The molecule has 0 spiro atoms. The summed E-state index contributed by atoms with van der Waals surface area (Å²) in [5, 5.41) is 0. The molecule has 2 rings (SSSR count). The lowest BCUT2D eigenvalue weighted by Gasteiger charge is -2.16. The standard InChI is InChI=1S/C9H12FN3O2S/c10-8-3-1-2-4-9(8)13-6-7(5-11)12-16(13,14)15/h1-4,7,12H,5-6,11H2. The molecule has 1 aromatic carbocycles. The highest BCUT2D eigenvalue weighted by molar-refractivity contribution is 7.91. The Morgan fingerprint density at radius 1 is 1.50 bits per heavy atom. The van der Waals surface area contributed by atoms with E-state index in [0.717, 1.165) is 4.31 Å². The lowest BCUT2D eigenvalue weighted by atomic mass is 10.2. The Bertz CT molecular complexity index is 491. The van der Waals surface area contributed by atoms with Crippen molar-refractivity contribution in [3.63, 3.8) is 0 Å². The van der Waals surface area contributed by atoms with E-state index in [0.29, 0.717) is 0 Å². The van der Waals surface area contributed by atoms with Crippen LogP contribution in [0.15, 0.2) is 24.3 Å². The van der Waals surface area contributed by atoms with E-state index in [9.17, 15) is 12.8 Å². The van der Waals surface area contributed by atoms with Gasteiger partial charge in [-0.05, 0) is 12.1 Å². The summed E-state index contributed by atoms with van der Waals surface area (Å²) in [6.07, 6.45) is 0. The van der Waals surface area contributed by atoms with Gasteiger partial charge in [0.25, 0.3) is 0 Å². The van der Waals surface area contributed by atoms with Crippen molar-refractivity contribution in [1.29, 1.82) is 0 Å². The molecule has 88 valence electrons. The number of anilines is 1. The van der Waals surface area contributed by atoms with E-state index in [1.807, 2.05) is 0 Å². The minimum absolute atomic E-state index is 0.0472. The van der Waals surface area contributed by atoms with Gasteiger partial charge in [0.2, 0.25) is 0 Å². The first-order chi connectivity index (χ1) is 7.54. The topological polar surface area (TPSA) is 75.4 Å². The minimum atomic E-state index is -3.66. The van der Waals surface area contributed by atoms with Crippen LogP contribution in [-0.2, 0) is 10.2 Å². The number of rotatable bonds is 2. The van der Waals surface area contributed by atoms with Crippen molar-refractivity contribution in [3.8, 4) is 0 Å². The molecule has 0 bridgehead atoms. The van der Waals surface area contributed by atoms with Crippen molar-refractivity contribution in [2.75, 3.05) is 17.4 Å². The largest absolute Gasteiger partial charge is 0.329 e. The van der Waals surface area contributed by atoms with E-state index in [2.05, 4.69) is 4.72 Å². The zero-order valence-corrected chi connectivity index (χ0v) is 9.24. The number of nitrogens with zero attached hydrogens (tertiary/aromatic N) is 1. The number of para-hydroxylation sites is 1. The number of hydrogen-bond donors (Lipinski definition) is 2. The van der Waals surface area contributed by atoms with Crippen LogP contribution in [0.3, 0.4) is 0 Å². The predicted molar refractivity (Wildman–Crippen MR) is 58.6 cm³/mol. The monoisotopic (exact) mass is 245 g/mol. The molecule has 1 heterocycles. The van der Waals surface area contributed by atoms with Crippen molar-refractivity contribution < 1.29 is 12.8 Å². The number of hydrogen-bond acceptors (Lipinski definition) is 3. The van der Waals surface area contributed by atoms with Gasteiger partial charge >= 0.3 is 10.2 Å². The van der Waals surface area contributed by atoms with Crippen LogP contribution in [-0.4, -0.2) is 27.5 Å². The third kappa shape index (κ3) is 1.89. The van der Waals surface area contributed by atoms with Crippen LogP contribution >= 0.6 is 0 Å². The summed E-state index contributed by atoms with van der Waals surface area (Å²) in [5.41, 5.74) is 5.43. The fraction of sp³-hybridized carbons (Fsp3) is 0.333. The molecule has 1 aliphatic rings. The Balaban J connectivity index is 2.39. The van der Waals surface area contributed by atoms with Gasteiger partial charge in [0, 0.05) is 6.54 Å². The van der Waals surface area contributed by atoms with Crippen molar-refractivity contribution in [2.24, 2.45) is 5.73 Å². The third-order valence-corrected chi connectivity index (χ3v) is 3.95. The summed E-state index contributed by atoms with van der Waals surface area (Å²) in [6.45, 7) is 0.337. The van der Waals surface area contributed by atoms with Crippen LogP contribution in [0.5, 0.6) is 0 Å². The minimum Gasteiger partial charge on any atom is -0.329 e. The summed E-state index contributed by atoms with van der Waals surface area (Å²) in [5.74, 6) is -0.564. The SMILES string of the molecule is NCC1CN(c2ccccc2F)S(=O)(=O)N1. The van der Waals surface area contributed by atoms with Crippen molar-refractivity contribution in [1.82, 2.24) is 4.72 Å². The van der Waals surface area contributed by atoms with Gasteiger partial charge in [0.05, 0.1) is 18.3 Å². The first-order valence-corrected chi connectivity index (χ1v) is 6.23. The van der Waals surface area contributed by atoms with Crippen molar-refractivity contribution >= 4 is 15.9 Å². The molecule has 5 nitrogen and oxygen atoms in total. The molecular weight excluding hydrogens is 233 g/mol. The van der Waals surface area contributed by atoms with Gasteiger partial charge in [-0.1, -0.05) is 12.1 Å². The molecule has 1 aromatic rings. The van der Waals surface area contributed by atoms with Gasteiger partial charge in [-0.3, -0.25) is 4.31 Å². The fourth-order valence-corrected chi connectivity index (χ4v) is 3.12. The highest BCUT2D eigenvalue weighted by atomic mass is 32.2. The van der Waals surface area contributed by atoms with Gasteiger partial charge in [-0.15, -0.1) is 0 Å². The fourth-order valence-electron chi connectivity index (χ4n) is 1.61. The van der Waals surface area contributed by atoms with E-state index in [4.69, 9.17) is 5.73 Å². The number of benzene rings is 1. The molecule has 1 saturated heterocycles. The van der Waals surface area contributed by atoms with Crippen LogP contribution in [0.1, 0.15) is 0 Å². The summed E-state index contributed by atoms with van der Waals surface area (Å²) in [6, 6.07) is 5.37. The molecule has 0 saturated carbocycles.